The number of para-hydroxylation sites is 1. The van der Waals surface area contributed by atoms with Crippen molar-refractivity contribution < 1.29 is 4.74 Å². The van der Waals surface area contributed by atoms with Crippen LogP contribution in [-0.2, 0) is 6.54 Å². The smallest absolute Gasteiger partial charge is 0.169 e. The van der Waals surface area contributed by atoms with Crippen molar-refractivity contribution in [3.05, 3.63) is 29.8 Å². The Morgan fingerprint density at radius 2 is 1.78 bits per heavy atom. The number of ether oxygens (including phenoxy) is 1. The van der Waals surface area contributed by atoms with Crippen molar-refractivity contribution in [2.24, 2.45) is 0 Å². The van der Waals surface area contributed by atoms with E-state index in [0.29, 0.717) is 12.1 Å². The van der Waals surface area contributed by atoms with Crippen LogP contribution in [0.5, 0.6) is 5.75 Å². The van der Waals surface area contributed by atoms with Crippen LogP contribution >= 0.6 is 12.2 Å². The van der Waals surface area contributed by atoms with Crippen molar-refractivity contribution in [3.63, 3.8) is 0 Å². The van der Waals surface area contributed by atoms with E-state index in [4.69, 9.17) is 17.0 Å². The molecule has 0 heterocycles. The molecule has 0 amide bonds. The van der Waals surface area contributed by atoms with E-state index in [1.807, 2.05) is 12.1 Å². The first-order valence-electron chi connectivity index (χ1n) is 8.97. The molecule has 2 aliphatic rings. The lowest BCUT2D eigenvalue weighted by molar-refractivity contribution is 0.294. The van der Waals surface area contributed by atoms with E-state index >= 15 is 0 Å². The molecule has 0 aliphatic heterocycles. The van der Waals surface area contributed by atoms with Crippen LogP contribution in [-0.4, -0.2) is 29.2 Å². The fraction of sp³-hybridized carbons (Fsp3) is 0.632. The van der Waals surface area contributed by atoms with Crippen molar-refractivity contribution in [1.29, 1.82) is 0 Å². The fourth-order valence-electron chi connectivity index (χ4n) is 3.93. The van der Waals surface area contributed by atoms with E-state index in [1.165, 1.54) is 56.9 Å². The molecule has 4 heteroatoms. The summed E-state index contributed by atoms with van der Waals surface area (Å²) in [4.78, 5) is 2.42. The highest BCUT2D eigenvalue weighted by molar-refractivity contribution is 7.80. The zero-order valence-electron chi connectivity index (χ0n) is 14.1. The highest BCUT2D eigenvalue weighted by atomic mass is 32.1. The summed E-state index contributed by atoms with van der Waals surface area (Å²) >= 11 is 5.80. The van der Waals surface area contributed by atoms with Gasteiger partial charge in [0.2, 0.25) is 0 Å². The van der Waals surface area contributed by atoms with Gasteiger partial charge >= 0.3 is 0 Å². The highest BCUT2D eigenvalue weighted by Gasteiger charge is 2.27. The Kier molecular flexibility index (Phi) is 5.76. The molecule has 126 valence electrons. The summed E-state index contributed by atoms with van der Waals surface area (Å²) in [5, 5.41) is 4.57. The lowest BCUT2D eigenvalue weighted by Crippen LogP contribution is -2.47. The second-order valence-corrected chi connectivity index (χ2v) is 7.20. The molecule has 0 aromatic heterocycles. The first-order valence-corrected chi connectivity index (χ1v) is 9.38. The molecule has 0 unspecified atom stereocenters. The zero-order chi connectivity index (χ0) is 16.1. The van der Waals surface area contributed by atoms with Gasteiger partial charge in [0.15, 0.2) is 5.11 Å². The predicted molar refractivity (Wildman–Crippen MR) is 98.8 cm³/mol. The van der Waals surface area contributed by atoms with Gasteiger partial charge in [-0.15, -0.1) is 0 Å². The Morgan fingerprint density at radius 1 is 1.13 bits per heavy atom. The van der Waals surface area contributed by atoms with Crippen LogP contribution in [0.25, 0.3) is 0 Å². The van der Waals surface area contributed by atoms with Crippen molar-refractivity contribution in [1.82, 2.24) is 10.2 Å². The van der Waals surface area contributed by atoms with Gasteiger partial charge in [-0.2, -0.15) is 0 Å². The molecule has 0 spiro atoms. The minimum Gasteiger partial charge on any atom is -0.496 e. The minimum atomic E-state index is 0.571. The van der Waals surface area contributed by atoms with Crippen LogP contribution in [0.2, 0.25) is 0 Å². The van der Waals surface area contributed by atoms with Gasteiger partial charge in [0.05, 0.1) is 7.11 Å². The molecular formula is C19H28N2OS. The standard InChI is InChI=1S/C19H28N2OS/c1-22-18-13-7-2-8-15(18)14-21(17-11-5-6-12-17)19(23)20-16-9-3-4-10-16/h2,7-8,13,16-17H,3-6,9-12,14H2,1H3,(H,20,23). The number of benzene rings is 1. The van der Waals surface area contributed by atoms with Gasteiger partial charge in [-0.05, 0) is 44.0 Å². The van der Waals surface area contributed by atoms with Gasteiger partial charge in [0.25, 0.3) is 0 Å². The van der Waals surface area contributed by atoms with Crippen LogP contribution in [0.15, 0.2) is 24.3 Å². The summed E-state index contributed by atoms with van der Waals surface area (Å²) in [6.07, 6.45) is 10.3. The SMILES string of the molecule is COc1ccccc1CN(C(=S)NC1CCCC1)C1CCCC1. The van der Waals surface area contributed by atoms with Crippen molar-refractivity contribution >= 4 is 17.3 Å². The second-order valence-electron chi connectivity index (χ2n) is 6.81. The van der Waals surface area contributed by atoms with Crippen LogP contribution in [0.3, 0.4) is 0 Å². The van der Waals surface area contributed by atoms with E-state index in [-0.39, 0.29) is 0 Å². The third kappa shape index (κ3) is 4.17. The number of hydrogen-bond donors (Lipinski definition) is 1. The van der Waals surface area contributed by atoms with Gasteiger partial charge in [-0.25, -0.2) is 0 Å². The van der Waals surface area contributed by atoms with E-state index in [2.05, 4.69) is 22.3 Å². The Labute approximate surface area is 145 Å². The summed E-state index contributed by atoms with van der Waals surface area (Å²) in [5.41, 5.74) is 1.22. The molecule has 2 saturated carbocycles. The van der Waals surface area contributed by atoms with Crippen LogP contribution in [0.1, 0.15) is 56.9 Å². The average molecular weight is 333 g/mol. The maximum absolute atomic E-state index is 5.80. The molecule has 2 aliphatic carbocycles. The van der Waals surface area contributed by atoms with E-state index in [0.717, 1.165) is 17.4 Å². The normalized spacial score (nSPS) is 19.0. The molecule has 2 fully saturated rings. The third-order valence-corrected chi connectivity index (χ3v) is 5.59. The Balaban J connectivity index is 1.73. The Hall–Kier alpha value is -1.29. The van der Waals surface area contributed by atoms with Crippen molar-refractivity contribution in [3.8, 4) is 5.75 Å². The average Bonchev–Trinajstić information content (AvgIpc) is 3.26. The number of hydrogen-bond acceptors (Lipinski definition) is 2. The number of thiocarbonyl (C=S) groups is 1. The lowest BCUT2D eigenvalue weighted by atomic mass is 10.1. The van der Waals surface area contributed by atoms with Gasteiger partial charge in [0.1, 0.15) is 5.75 Å². The predicted octanol–water partition coefficient (Wildman–Crippen LogP) is 4.26. The quantitative estimate of drug-likeness (QED) is 0.815. The fourth-order valence-corrected chi connectivity index (χ4v) is 4.31. The van der Waals surface area contributed by atoms with Gasteiger partial charge in [-0.1, -0.05) is 43.9 Å². The monoisotopic (exact) mass is 332 g/mol. The summed E-state index contributed by atoms with van der Waals surface area (Å²) in [6.45, 7) is 0.841. The molecule has 0 atom stereocenters. The second kappa shape index (κ2) is 8.00. The number of nitrogens with zero attached hydrogens (tertiary/aromatic N) is 1. The van der Waals surface area contributed by atoms with Gasteiger partial charge in [-0.3, -0.25) is 0 Å². The number of rotatable bonds is 5. The molecule has 3 nitrogen and oxygen atoms in total. The van der Waals surface area contributed by atoms with Gasteiger partial charge in [0, 0.05) is 24.2 Å². The van der Waals surface area contributed by atoms with Crippen molar-refractivity contribution in [2.75, 3.05) is 7.11 Å². The highest BCUT2D eigenvalue weighted by Crippen LogP contribution is 2.28. The van der Waals surface area contributed by atoms with Crippen LogP contribution in [0.4, 0.5) is 0 Å². The molecule has 1 aromatic carbocycles. The summed E-state index contributed by atoms with van der Waals surface area (Å²) < 4.78 is 5.53. The first kappa shape index (κ1) is 16.6. The first-order chi connectivity index (χ1) is 11.3. The minimum absolute atomic E-state index is 0.571. The van der Waals surface area contributed by atoms with Crippen LogP contribution in [0, 0.1) is 0 Å². The Bertz CT molecular complexity index is 522. The lowest BCUT2D eigenvalue weighted by Gasteiger charge is -2.33. The zero-order valence-corrected chi connectivity index (χ0v) is 14.9. The summed E-state index contributed by atoms with van der Waals surface area (Å²) in [7, 11) is 1.74. The van der Waals surface area contributed by atoms with E-state index in [9.17, 15) is 0 Å². The summed E-state index contributed by atoms with van der Waals surface area (Å²) in [6, 6.07) is 9.44. The molecule has 23 heavy (non-hydrogen) atoms. The maximum Gasteiger partial charge on any atom is 0.169 e. The molecule has 0 radical (unpaired) electrons. The van der Waals surface area contributed by atoms with E-state index < -0.39 is 0 Å². The molecule has 1 aromatic rings. The van der Waals surface area contributed by atoms with Crippen molar-refractivity contribution in [2.45, 2.75) is 70.0 Å². The molecule has 3 rings (SSSR count). The number of nitrogens with one attached hydrogen (secondary N) is 1. The third-order valence-electron chi connectivity index (χ3n) is 5.24. The Morgan fingerprint density at radius 3 is 2.48 bits per heavy atom. The summed E-state index contributed by atoms with van der Waals surface area (Å²) in [5.74, 6) is 0.958. The molecular weight excluding hydrogens is 304 g/mol. The maximum atomic E-state index is 5.80. The van der Waals surface area contributed by atoms with E-state index in [1.54, 1.807) is 7.11 Å². The van der Waals surface area contributed by atoms with Gasteiger partial charge < -0.3 is 15.0 Å². The van der Waals surface area contributed by atoms with Crippen LogP contribution < -0.4 is 10.1 Å². The molecule has 0 saturated heterocycles. The topological polar surface area (TPSA) is 24.5 Å². The largest absolute Gasteiger partial charge is 0.496 e. The molecule has 0 bridgehead atoms. The molecule has 1 N–H and O–H groups in total. The number of methoxy groups -OCH3 is 1.